The summed E-state index contributed by atoms with van der Waals surface area (Å²) in [5, 5.41) is 11.5. The molecule has 1 aliphatic rings. The quantitative estimate of drug-likeness (QED) is 0.740. The van der Waals surface area contributed by atoms with E-state index in [1.165, 1.54) is 12.5 Å². The molecule has 0 fully saturated rings. The number of amides is 1. The van der Waals surface area contributed by atoms with Crippen LogP contribution in [0.1, 0.15) is 24.5 Å². The van der Waals surface area contributed by atoms with E-state index in [-0.39, 0.29) is 5.91 Å². The van der Waals surface area contributed by atoms with Gasteiger partial charge in [-0.05, 0) is 37.3 Å². The molecule has 0 saturated heterocycles. The molecular formula is C15H19NO3S. The molecule has 2 atom stereocenters. The zero-order valence-corrected chi connectivity index (χ0v) is 12.3. The summed E-state index contributed by atoms with van der Waals surface area (Å²) < 4.78 is 0. The van der Waals surface area contributed by atoms with E-state index in [9.17, 15) is 9.59 Å². The predicted molar refractivity (Wildman–Crippen MR) is 80.0 cm³/mol. The van der Waals surface area contributed by atoms with Crippen molar-refractivity contribution >= 4 is 24.5 Å². The fourth-order valence-corrected chi connectivity index (χ4v) is 3.03. The van der Waals surface area contributed by atoms with Crippen LogP contribution in [0.2, 0.25) is 0 Å². The zero-order chi connectivity index (χ0) is 14.8. The summed E-state index contributed by atoms with van der Waals surface area (Å²) in [4.78, 5) is 23.3. The van der Waals surface area contributed by atoms with Gasteiger partial charge in [0.05, 0.1) is 5.41 Å². The molecule has 0 bridgehead atoms. The molecule has 2 rings (SSSR count). The summed E-state index contributed by atoms with van der Waals surface area (Å²) in [5.41, 5.74) is 1.82. The van der Waals surface area contributed by atoms with E-state index in [0.717, 1.165) is 12.0 Å². The Bertz CT molecular complexity index is 532. The molecule has 1 unspecified atom stereocenters. The minimum Gasteiger partial charge on any atom is -0.480 e. The Kier molecular flexibility index (Phi) is 4.38. The first kappa shape index (κ1) is 14.9. The molecule has 1 amide bonds. The zero-order valence-electron chi connectivity index (χ0n) is 11.4. The molecule has 0 heterocycles. The fourth-order valence-electron chi connectivity index (χ4n) is 2.61. The number of hydrogen-bond acceptors (Lipinski definition) is 3. The number of fused-ring (bicyclic) bond motifs is 1. The van der Waals surface area contributed by atoms with E-state index in [0.29, 0.717) is 18.6 Å². The van der Waals surface area contributed by atoms with Crippen molar-refractivity contribution in [1.29, 1.82) is 0 Å². The lowest BCUT2D eigenvalue weighted by atomic mass is 9.72. The van der Waals surface area contributed by atoms with Gasteiger partial charge in [-0.2, -0.15) is 12.6 Å². The third-order valence-corrected chi connectivity index (χ3v) is 4.63. The van der Waals surface area contributed by atoms with Crippen molar-refractivity contribution in [3.05, 3.63) is 35.4 Å². The number of rotatable bonds is 4. The second-order valence-corrected chi connectivity index (χ2v) is 5.73. The van der Waals surface area contributed by atoms with Crippen molar-refractivity contribution in [3.63, 3.8) is 0 Å². The minimum absolute atomic E-state index is 0.211. The van der Waals surface area contributed by atoms with Crippen LogP contribution in [0.5, 0.6) is 0 Å². The molecule has 1 aliphatic carbocycles. The van der Waals surface area contributed by atoms with E-state index in [1.54, 1.807) is 0 Å². The summed E-state index contributed by atoms with van der Waals surface area (Å²) in [6.45, 7) is 1.48. The number of carboxylic acid groups (broad SMARTS) is 1. The van der Waals surface area contributed by atoms with Gasteiger partial charge in [0.2, 0.25) is 5.91 Å². The Morgan fingerprint density at radius 2 is 2.05 bits per heavy atom. The lowest BCUT2D eigenvalue weighted by molar-refractivity contribution is -0.143. The van der Waals surface area contributed by atoms with E-state index in [2.05, 4.69) is 24.0 Å². The number of aliphatic carboxylic acids is 1. The maximum absolute atomic E-state index is 12.5. The summed E-state index contributed by atoms with van der Waals surface area (Å²) in [5.74, 6) is -0.819. The van der Waals surface area contributed by atoms with Crippen LogP contribution in [0.3, 0.4) is 0 Å². The minimum atomic E-state index is -1.02. The fraction of sp³-hybridized carbons (Fsp3) is 0.467. The van der Waals surface area contributed by atoms with E-state index < -0.39 is 17.4 Å². The Labute approximate surface area is 124 Å². The van der Waals surface area contributed by atoms with Crippen molar-refractivity contribution in [2.45, 2.75) is 32.2 Å². The van der Waals surface area contributed by atoms with E-state index in [4.69, 9.17) is 5.11 Å². The molecule has 20 heavy (non-hydrogen) atoms. The Morgan fingerprint density at radius 3 is 2.65 bits per heavy atom. The van der Waals surface area contributed by atoms with Gasteiger partial charge in [0.15, 0.2) is 0 Å². The Balaban J connectivity index is 2.19. The van der Waals surface area contributed by atoms with Crippen LogP contribution in [0.25, 0.3) is 0 Å². The van der Waals surface area contributed by atoms with Gasteiger partial charge in [0.25, 0.3) is 0 Å². The van der Waals surface area contributed by atoms with Crippen molar-refractivity contribution in [2.24, 2.45) is 5.41 Å². The number of nitrogens with one attached hydrogen (secondary N) is 1. The molecule has 4 nitrogen and oxygen atoms in total. The first-order valence-electron chi connectivity index (χ1n) is 6.70. The summed E-state index contributed by atoms with van der Waals surface area (Å²) >= 11 is 4.35. The van der Waals surface area contributed by atoms with Crippen LogP contribution >= 0.6 is 12.6 Å². The molecule has 0 spiro atoms. The SMILES string of the molecule is C[C@H](NC(=O)C1(CS)CCc2ccccc2C1)C(=O)O. The van der Waals surface area contributed by atoms with Crippen LogP contribution in [-0.2, 0) is 22.4 Å². The smallest absolute Gasteiger partial charge is 0.325 e. The average Bonchev–Trinajstić information content (AvgIpc) is 2.46. The van der Waals surface area contributed by atoms with Crippen molar-refractivity contribution < 1.29 is 14.7 Å². The third kappa shape index (κ3) is 2.82. The lowest BCUT2D eigenvalue weighted by Gasteiger charge is -2.36. The topological polar surface area (TPSA) is 66.4 Å². The molecule has 0 aromatic heterocycles. The second-order valence-electron chi connectivity index (χ2n) is 5.42. The normalized spacial score (nSPS) is 22.7. The van der Waals surface area contributed by atoms with Crippen LogP contribution in [-0.4, -0.2) is 28.8 Å². The van der Waals surface area contributed by atoms with Gasteiger partial charge >= 0.3 is 5.97 Å². The molecule has 0 saturated carbocycles. The summed E-state index contributed by atoms with van der Waals surface area (Å²) in [6.07, 6.45) is 2.14. The van der Waals surface area contributed by atoms with Gasteiger partial charge in [-0.1, -0.05) is 24.3 Å². The monoisotopic (exact) mass is 293 g/mol. The summed E-state index contributed by atoms with van der Waals surface area (Å²) in [7, 11) is 0. The van der Waals surface area contributed by atoms with E-state index in [1.807, 2.05) is 18.2 Å². The standard InChI is InChI=1S/C15H19NO3S/c1-10(13(17)18)16-14(19)15(9-20)7-6-11-4-2-3-5-12(11)8-15/h2-5,10,20H,6-9H2,1H3,(H,16,19)(H,17,18)/t10-,15?/m0/s1. The number of hydrogen-bond donors (Lipinski definition) is 3. The highest BCUT2D eigenvalue weighted by Gasteiger charge is 2.40. The van der Waals surface area contributed by atoms with Gasteiger partial charge in [0, 0.05) is 5.75 Å². The number of carbonyl (C=O) groups is 2. The van der Waals surface area contributed by atoms with Gasteiger partial charge in [-0.25, -0.2) is 0 Å². The van der Waals surface area contributed by atoms with Gasteiger partial charge in [-0.3, -0.25) is 9.59 Å². The van der Waals surface area contributed by atoms with Gasteiger partial charge < -0.3 is 10.4 Å². The maximum atomic E-state index is 12.5. The largest absolute Gasteiger partial charge is 0.480 e. The number of benzene rings is 1. The molecule has 108 valence electrons. The average molecular weight is 293 g/mol. The number of thiol groups is 1. The maximum Gasteiger partial charge on any atom is 0.325 e. The van der Waals surface area contributed by atoms with Gasteiger partial charge in [-0.15, -0.1) is 0 Å². The predicted octanol–water partition coefficient (Wildman–Crippen LogP) is 1.68. The number of aryl methyl sites for hydroxylation is 1. The first-order valence-corrected chi connectivity index (χ1v) is 7.33. The van der Waals surface area contributed by atoms with Gasteiger partial charge in [0.1, 0.15) is 6.04 Å². The lowest BCUT2D eigenvalue weighted by Crippen LogP contribution is -2.50. The van der Waals surface area contributed by atoms with Crippen molar-refractivity contribution in [1.82, 2.24) is 5.32 Å². The number of carboxylic acids is 1. The van der Waals surface area contributed by atoms with Crippen LogP contribution in [0, 0.1) is 5.41 Å². The molecule has 1 aromatic carbocycles. The highest BCUT2D eigenvalue weighted by atomic mass is 32.1. The third-order valence-electron chi connectivity index (χ3n) is 4.02. The highest BCUT2D eigenvalue weighted by Crippen LogP contribution is 2.36. The highest BCUT2D eigenvalue weighted by molar-refractivity contribution is 7.80. The molecule has 0 aliphatic heterocycles. The first-order chi connectivity index (χ1) is 9.48. The molecular weight excluding hydrogens is 274 g/mol. The summed E-state index contributed by atoms with van der Waals surface area (Å²) in [6, 6.07) is 7.19. The van der Waals surface area contributed by atoms with Crippen LogP contribution in [0.4, 0.5) is 0 Å². The molecule has 0 radical (unpaired) electrons. The molecule has 1 aromatic rings. The van der Waals surface area contributed by atoms with E-state index >= 15 is 0 Å². The Hall–Kier alpha value is -1.49. The van der Waals surface area contributed by atoms with Crippen LogP contribution < -0.4 is 5.32 Å². The Morgan fingerprint density at radius 1 is 1.40 bits per heavy atom. The van der Waals surface area contributed by atoms with Crippen molar-refractivity contribution in [2.75, 3.05) is 5.75 Å². The molecule has 2 N–H and O–H groups in total. The molecule has 5 heteroatoms. The second kappa shape index (κ2) is 5.87. The van der Waals surface area contributed by atoms with Crippen molar-refractivity contribution in [3.8, 4) is 0 Å². The number of carbonyl (C=O) groups excluding carboxylic acids is 1. The van der Waals surface area contributed by atoms with Crippen LogP contribution in [0.15, 0.2) is 24.3 Å².